The van der Waals surface area contributed by atoms with Crippen molar-refractivity contribution >= 4 is 5.84 Å². The number of halogens is 1. The lowest BCUT2D eigenvalue weighted by Gasteiger charge is -2.06. The van der Waals surface area contributed by atoms with Crippen molar-refractivity contribution in [2.24, 2.45) is 10.9 Å². The topological polar surface area (TPSA) is 67.8 Å². The monoisotopic (exact) mass is 184 g/mol. The zero-order valence-corrected chi connectivity index (χ0v) is 6.99. The largest absolute Gasteiger partial charge is 0.493 e. The summed E-state index contributed by atoms with van der Waals surface area (Å²) in [6.07, 6.45) is 0. The number of nitrogens with zero attached hydrogens (tertiary/aromatic N) is 1. The van der Waals surface area contributed by atoms with Crippen LogP contribution in [0.1, 0.15) is 5.56 Å². The normalized spacial score (nSPS) is 11.4. The minimum Gasteiger partial charge on any atom is -0.493 e. The van der Waals surface area contributed by atoms with Gasteiger partial charge in [-0.2, -0.15) is 0 Å². The van der Waals surface area contributed by atoms with E-state index in [9.17, 15) is 4.39 Å². The number of benzene rings is 1. The van der Waals surface area contributed by atoms with Crippen LogP contribution in [0.2, 0.25) is 0 Å². The number of hydrogen-bond acceptors (Lipinski definition) is 3. The minimum atomic E-state index is -0.549. The molecule has 1 rings (SSSR count). The second kappa shape index (κ2) is 3.75. The molecule has 0 fully saturated rings. The Hall–Kier alpha value is -1.78. The van der Waals surface area contributed by atoms with Gasteiger partial charge in [-0.15, -0.1) is 0 Å². The predicted molar refractivity (Wildman–Crippen MR) is 45.5 cm³/mol. The Bertz CT molecular complexity index is 339. The second-order valence-electron chi connectivity index (χ2n) is 2.31. The highest BCUT2D eigenvalue weighted by molar-refractivity contribution is 5.99. The molecular weight excluding hydrogens is 175 g/mol. The van der Waals surface area contributed by atoms with Gasteiger partial charge in [0.05, 0.1) is 12.7 Å². The first-order valence-corrected chi connectivity index (χ1v) is 3.51. The first-order valence-electron chi connectivity index (χ1n) is 3.51. The smallest absolute Gasteiger partial charge is 0.173 e. The Balaban J connectivity index is 3.28. The van der Waals surface area contributed by atoms with Crippen molar-refractivity contribution in [3.05, 3.63) is 29.6 Å². The fourth-order valence-electron chi connectivity index (χ4n) is 0.972. The van der Waals surface area contributed by atoms with Crippen molar-refractivity contribution in [2.75, 3.05) is 7.11 Å². The Morgan fingerprint density at radius 2 is 2.31 bits per heavy atom. The van der Waals surface area contributed by atoms with Crippen LogP contribution in [-0.2, 0) is 0 Å². The second-order valence-corrected chi connectivity index (χ2v) is 2.31. The van der Waals surface area contributed by atoms with Gasteiger partial charge >= 0.3 is 0 Å². The molecule has 1 aromatic carbocycles. The van der Waals surface area contributed by atoms with Gasteiger partial charge in [0.15, 0.2) is 17.4 Å². The number of rotatable bonds is 2. The summed E-state index contributed by atoms with van der Waals surface area (Å²) in [7, 11) is 1.31. The van der Waals surface area contributed by atoms with Gasteiger partial charge in [-0.05, 0) is 12.1 Å². The molecule has 0 saturated carbocycles. The zero-order chi connectivity index (χ0) is 9.84. The molecule has 0 aliphatic carbocycles. The standard InChI is InChI=1S/C8H9FN2O2/c1-13-7-5(8(10)11-12)3-2-4-6(7)9/h2-4,12H,1H3,(H2,10,11). The van der Waals surface area contributed by atoms with Crippen molar-refractivity contribution in [3.63, 3.8) is 0 Å². The average molecular weight is 184 g/mol. The molecule has 0 radical (unpaired) electrons. The van der Waals surface area contributed by atoms with Gasteiger partial charge in [0.1, 0.15) is 0 Å². The Kier molecular flexibility index (Phi) is 2.69. The minimum absolute atomic E-state index is 0.0298. The first kappa shape index (κ1) is 9.31. The van der Waals surface area contributed by atoms with E-state index in [4.69, 9.17) is 15.7 Å². The van der Waals surface area contributed by atoms with Crippen molar-refractivity contribution in [1.29, 1.82) is 0 Å². The van der Waals surface area contributed by atoms with E-state index < -0.39 is 5.82 Å². The molecule has 0 heterocycles. The number of methoxy groups -OCH3 is 1. The molecule has 0 aliphatic heterocycles. The quantitative estimate of drug-likeness (QED) is 0.311. The van der Waals surface area contributed by atoms with Crippen LogP contribution in [0, 0.1) is 5.82 Å². The number of hydrogen-bond donors (Lipinski definition) is 2. The first-order chi connectivity index (χ1) is 6.20. The van der Waals surface area contributed by atoms with Crippen molar-refractivity contribution < 1.29 is 14.3 Å². The Morgan fingerprint density at radius 3 is 2.85 bits per heavy atom. The highest BCUT2D eigenvalue weighted by Gasteiger charge is 2.11. The maximum absolute atomic E-state index is 13.0. The number of amidine groups is 1. The predicted octanol–water partition coefficient (Wildman–Crippen LogP) is 0.929. The van der Waals surface area contributed by atoms with Crippen molar-refractivity contribution in [2.45, 2.75) is 0 Å². The number of nitrogens with two attached hydrogens (primary N) is 1. The molecule has 0 aliphatic rings. The molecule has 13 heavy (non-hydrogen) atoms. The zero-order valence-electron chi connectivity index (χ0n) is 6.99. The van der Waals surface area contributed by atoms with Crippen LogP contribution in [-0.4, -0.2) is 18.2 Å². The summed E-state index contributed by atoms with van der Waals surface area (Å²) in [5.74, 6) is -0.763. The van der Waals surface area contributed by atoms with Gasteiger partial charge in [-0.1, -0.05) is 11.2 Å². The number of para-hydroxylation sites is 1. The van der Waals surface area contributed by atoms with Crippen molar-refractivity contribution in [3.8, 4) is 5.75 Å². The molecule has 3 N–H and O–H groups in total. The summed E-state index contributed by atoms with van der Waals surface area (Å²) < 4.78 is 17.8. The van der Waals surface area contributed by atoms with Crippen LogP contribution in [0.3, 0.4) is 0 Å². The molecule has 0 bridgehead atoms. The van der Waals surface area contributed by atoms with Crippen LogP contribution in [0.4, 0.5) is 4.39 Å². The lowest BCUT2D eigenvalue weighted by atomic mass is 10.2. The number of oxime groups is 1. The van der Waals surface area contributed by atoms with Crippen LogP contribution in [0.15, 0.2) is 23.4 Å². The molecule has 0 unspecified atom stereocenters. The number of ether oxygens (including phenoxy) is 1. The molecule has 0 amide bonds. The van der Waals surface area contributed by atoms with Crippen LogP contribution in [0.5, 0.6) is 5.75 Å². The molecule has 70 valence electrons. The molecule has 5 heteroatoms. The summed E-state index contributed by atoms with van der Waals surface area (Å²) in [6, 6.07) is 4.18. The molecular formula is C8H9FN2O2. The fraction of sp³-hybridized carbons (Fsp3) is 0.125. The fourth-order valence-corrected chi connectivity index (χ4v) is 0.972. The van der Waals surface area contributed by atoms with Gasteiger partial charge in [-0.25, -0.2) is 4.39 Å². The van der Waals surface area contributed by atoms with Crippen LogP contribution in [0.25, 0.3) is 0 Å². The molecule has 4 nitrogen and oxygen atoms in total. The van der Waals surface area contributed by atoms with Gasteiger partial charge in [0.2, 0.25) is 0 Å². The van der Waals surface area contributed by atoms with E-state index in [0.29, 0.717) is 0 Å². The Labute approximate surface area is 74.4 Å². The van der Waals surface area contributed by atoms with Gasteiger partial charge in [0, 0.05) is 0 Å². The highest BCUT2D eigenvalue weighted by atomic mass is 19.1. The third-order valence-corrected chi connectivity index (χ3v) is 1.55. The maximum Gasteiger partial charge on any atom is 0.173 e. The molecule has 1 aromatic rings. The van der Waals surface area contributed by atoms with E-state index in [2.05, 4.69) is 5.16 Å². The van der Waals surface area contributed by atoms with E-state index in [1.807, 2.05) is 0 Å². The SMILES string of the molecule is COc1c(F)cccc1/C(N)=N/O. The van der Waals surface area contributed by atoms with E-state index in [-0.39, 0.29) is 17.1 Å². The average Bonchev–Trinajstić information content (AvgIpc) is 2.16. The summed E-state index contributed by atoms with van der Waals surface area (Å²) in [6.45, 7) is 0. The van der Waals surface area contributed by atoms with Crippen molar-refractivity contribution in [1.82, 2.24) is 0 Å². The van der Waals surface area contributed by atoms with Gasteiger partial charge in [0.25, 0.3) is 0 Å². The van der Waals surface area contributed by atoms with E-state index in [1.165, 1.54) is 25.3 Å². The molecule has 0 spiro atoms. The molecule has 0 aromatic heterocycles. The molecule has 0 saturated heterocycles. The summed E-state index contributed by atoms with van der Waals surface area (Å²) in [4.78, 5) is 0. The van der Waals surface area contributed by atoms with Gasteiger partial charge in [-0.3, -0.25) is 0 Å². The summed E-state index contributed by atoms with van der Waals surface area (Å²) in [5.41, 5.74) is 5.52. The van der Waals surface area contributed by atoms with E-state index >= 15 is 0 Å². The summed E-state index contributed by atoms with van der Waals surface area (Å²) >= 11 is 0. The lowest BCUT2D eigenvalue weighted by molar-refractivity contribution is 0.318. The van der Waals surface area contributed by atoms with Crippen LogP contribution >= 0.6 is 0 Å². The lowest BCUT2D eigenvalue weighted by Crippen LogP contribution is -2.14. The van der Waals surface area contributed by atoms with Crippen LogP contribution < -0.4 is 10.5 Å². The summed E-state index contributed by atoms with van der Waals surface area (Å²) in [5, 5.41) is 11.1. The van der Waals surface area contributed by atoms with E-state index in [0.717, 1.165) is 0 Å². The maximum atomic E-state index is 13.0. The Morgan fingerprint density at radius 1 is 1.62 bits per heavy atom. The highest BCUT2D eigenvalue weighted by Crippen LogP contribution is 2.21. The van der Waals surface area contributed by atoms with E-state index in [1.54, 1.807) is 0 Å². The molecule has 0 atom stereocenters. The van der Waals surface area contributed by atoms with Gasteiger partial charge < -0.3 is 15.7 Å². The third-order valence-electron chi connectivity index (χ3n) is 1.55. The third kappa shape index (κ3) is 1.69.